The maximum atomic E-state index is 12.9. The summed E-state index contributed by atoms with van der Waals surface area (Å²) in [6, 6.07) is 8.12. The highest BCUT2D eigenvalue weighted by atomic mass is 35.5. The fraction of sp³-hybridized carbons (Fsp3) is 0.200. The quantitative estimate of drug-likeness (QED) is 0.808. The molecule has 0 amide bonds. The summed E-state index contributed by atoms with van der Waals surface area (Å²) in [7, 11) is 0. The maximum Gasteiger partial charge on any atom is 0.416 e. The van der Waals surface area contributed by atoms with Crippen LogP contribution in [0.15, 0.2) is 42.5 Å². The van der Waals surface area contributed by atoms with Gasteiger partial charge in [0.1, 0.15) is 5.82 Å². The lowest BCUT2D eigenvalue weighted by Crippen LogP contribution is -2.08. The number of benzene rings is 2. The van der Waals surface area contributed by atoms with Gasteiger partial charge in [-0.1, -0.05) is 29.8 Å². The summed E-state index contributed by atoms with van der Waals surface area (Å²) in [4.78, 5) is 0. The summed E-state index contributed by atoms with van der Waals surface area (Å²) in [6.45, 7) is 0. The third-order valence-corrected chi connectivity index (χ3v) is 3.38. The molecule has 0 aromatic heterocycles. The Bertz CT molecular complexity index is 640. The van der Waals surface area contributed by atoms with Gasteiger partial charge in [0.25, 0.3) is 0 Å². The summed E-state index contributed by atoms with van der Waals surface area (Å²) in [5.41, 5.74) is -0.238. The minimum Gasteiger partial charge on any atom is -0.388 e. The molecule has 0 aliphatic carbocycles. The average molecular weight is 319 g/mol. The minimum absolute atomic E-state index is 0.000420. The highest BCUT2D eigenvalue weighted by Crippen LogP contribution is 2.32. The molecule has 0 spiro atoms. The van der Waals surface area contributed by atoms with Crippen molar-refractivity contribution in [3.8, 4) is 0 Å². The van der Waals surface area contributed by atoms with E-state index in [-0.39, 0.29) is 17.0 Å². The van der Waals surface area contributed by atoms with Crippen molar-refractivity contribution in [3.63, 3.8) is 0 Å². The van der Waals surface area contributed by atoms with Gasteiger partial charge in [0, 0.05) is 11.4 Å². The molecule has 0 aliphatic heterocycles. The van der Waals surface area contributed by atoms with Gasteiger partial charge in [-0.25, -0.2) is 4.39 Å². The number of hydrogen-bond donors (Lipinski definition) is 1. The summed E-state index contributed by atoms with van der Waals surface area (Å²) >= 11 is 5.83. The highest BCUT2D eigenvalue weighted by Gasteiger charge is 2.30. The molecule has 2 rings (SSSR count). The third kappa shape index (κ3) is 3.95. The number of aliphatic hydroxyl groups excluding tert-OH is 1. The third-order valence-electron chi connectivity index (χ3n) is 3.03. The molecular weight excluding hydrogens is 308 g/mol. The lowest BCUT2D eigenvalue weighted by Gasteiger charge is -2.14. The van der Waals surface area contributed by atoms with Gasteiger partial charge in [-0.3, -0.25) is 0 Å². The number of aliphatic hydroxyl groups is 1. The lowest BCUT2D eigenvalue weighted by molar-refractivity contribution is -0.137. The van der Waals surface area contributed by atoms with Crippen LogP contribution in [-0.2, 0) is 12.6 Å². The van der Waals surface area contributed by atoms with E-state index in [9.17, 15) is 22.7 Å². The van der Waals surface area contributed by atoms with Crippen LogP contribution in [0.2, 0.25) is 5.02 Å². The number of rotatable bonds is 3. The van der Waals surface area contributed by atoms with Crippen molar-refractivity contribution in [2.24, 2.45) is 0 Å². The van der Waals surface area contributed by atoms with E-state index >= 15 is 0 Å². The van der Waals surface area contributed by atoms with Crippen LogP contribution in [0.25, 0.3) is 0 Å². The fourth-order valence-electron chi connectivity index (χ4n) is 1.94. The highest BCUT2D eigenvalue weighted by molar-refractivity contribution is 6.31. The zero-order valence-electron chi connectivity index (χ0n) is 10.7. The first-order valence-corrected chi connectivity index (χ1v) is 6.44. The van der Waals surface area contributed by atoms with Crippen molar-refractivity contribution >= 4 is 11.6 Å². The molecule has 0 bridgehead atoms. The van der Waals surface area contributed by atoms with E-state index in [1.54, 1.807) is 0 Å². The van der Waals surface area contributed by atoms with Crippen LogP contribution in [0.3, 0.4) is 0 Å². The molecule has 0 saturated heterocycles. The monoisotopic (exact) mass is 318 g/mol. The Labute approximate surface area is 123 Å². The topological polar surface area (TPSA) is 20.2 Å². The molecule has 112 valence electrons. The molecule has 6 heteroatoms. The summed E-state index contributed by atoms with van der Waals surface area (Å²) in [6.07, 6.45) is -5.63. The Morgan fingerprint density at radius 2 is 1.81 bits per heavy atom. The van der Waals surface area contributed by atoms with Crippen molar-refractivity contribution in [2.45, 2.75) is 18.7 Å². The number of alkyl halides is 3. The predicted molar refractivity (Wildman–Crippen MR) is 71.5 cm³/mol. The zero-order chi connectivity index (χ0) is 15.6. The van der Waals surface area contributed by atoms with Crippen LogP contribution in [0.1, 0.15) is 22.8 Å². The van der Waals surface area contributed by atoms with E-state index in [2.05, 4.69) is 0 Å². The van der Waals surface area contributed by atoms with Crippen molar-refractivity contribution < 1.29 is 22.7 Å². The van der Waals surface area contributed by atoms with Gasteiger partial charge in [-0.2, -0.15) is 13.2 Å². The Hall–Kier alpha value is -1.59. The van der Waals surface area contributed by atoms with Crippen molar-refractivity contribution in [2.75, 3.05) is 0 Å². The molecule has 0 fully saturated rings. The normalized spacial score (nSPS) is 13.2. The van der Waals surface area contributed by atoms with E-state index in [4.69, 9.17) is 11.6 Å². The first-order chi connectivity index (χ1) is 9.77. The first-order valence-electron chi connectivity index (χ1n) is 6.06. The van der Waals surface area contributed by atoms with Gasteiger partial charge < -0.3 is 5.11 Å². The second-order valence-electron chi connectivity index (χ2n) is 4.58. The van der Waals surface area contributed by atoms with Crippen molar-refractivity contribution in [1.82, 2.24) is 0 Å². The smallest absolute Gasteiger partial charge is 0.388 e. The Balaban J connectivity index is 2.22. The second kappa shape index (κ2) is 6.03. The SMILES string of the molecule is OC(Cc1ccc(F)cc1Cl)c1cccc(C(F)(F)F)c1. The van der Waals surface area contributed by atoms with Crippen LogP contribution in [0.5, 0.6) is 0 Å². The predicted octanol–water partition coefficient (Wildman–Crippen LogP) is 4.77. The van der Waals surface area contributed by atoms with Crippen LogP contribution in [0, 0.1) is 5.82 Å². The first kappa shape index (κ1) is 15.8. The minimum atomic E-state index is -4.47. The fourth-order valence-corrected chi connectivity index (χ4v) is 2.18. The molecule has 21 heavy (non-hydrogen) atoms. The average Bonchev–Trinajstić information content (AvgIpc) is 2.41. The van der Waals surface area contributed by atoms with E-state index < -0.39 is 23.7 Å². The van der Waals surface area contributed by atoms with Crippen LogP contribution < -0.4 is 0 Å². The summed E-state index contributed by atoms with van der Waals surface area (Å²) in [5.74, 6) is -0.516. The van der Waals surface area contributed by atoms with Gasteiger partial charge in [-0.05, 0) is 35.4 Å². The van der Waals surface area contributed by atoms with Crippen molar-refractivity contribution in [3.05, 3.63) is 70.0 Å². The van der Waals surface area contributed by atoms with Crippen LogP contribution in [-0.4, -0.2) is 5.11 Å². The molecule has 0 aliphatic rings. The van der Waals surface area contributed by atoms with Gasteiger partial charge in [0.2, 0.25) is 0 Å². The second-order valence-corrected chi connectivity index (χ2v) is 4.99. The summed E-state index contributed by atoms with van der Waals surface area (Å²) < 4.78 is 50.8. The molecule has 0 radical (unpaired) electrons. The Morgan fingerprint density at radius 1 is 1.10 bits per heavy atom. The molecule has 1 atom stereocenters. The van der Waals surface area contributed by atoms with Crippen LogP contribution in [0.4, 0.5) is 17.6 Å². The molecule has 1 unspecified atom stereocenters. The molecular formula is C15H11ClF4O. The molecule has 1 nitrogen and oxygen atoms in total. The standard InChI is InChI=1S/C15H11ClF4O/c16-13-8-12(17)5-4-9(13)7-14(21)10-2-1-3-11(6-10)15(18,19)20/h1-6,8,14,21H,7H2. The molecule has 0 heterocycles. The van der Waals surface area contributed by atoms with E-state index in [1.807, 2.05) is 0 Å². The molecule has 2 aromatic carbocycles. The van der Waals surface area contributed by atoms with E-state index in [0.717, 1.165) is 18.2 Å². The largest absolute Gasteiger partial charge is 0.416 e. The van der Waals surface area contributed by atoms with Gasteiger partial charge in [0.15, 0.2) is 0 Å². The number of hydrogen-bond acceptors (Lipinski definition) is 1. The van der Waals surface area contributed by atoms with E-state index in [0.29, 0.717) is 5.56 Å². The zero-order valence-corrected chi connectivity index (χ0v) is 11.4. The lowest BCUT2D eigenvalue weighted by atomic mass is 9.99. The maximum absolute atomic E-state index is 12.9. The molecule has 1 N–H and O–H groups in total. The number of halogens is 5. The molecule has 2 aromatic rings. The van der Waals surface area contributed by atoms with Gasteiger partial charge in [0.05, 0.1) is 11.7 Å². The van der Waals surface area contributed by atoms with Crippen molar-refractivity contribution in [1.29, 1.82) is 0 Å². The van der Waals surface area contributed by atoms with Crippen LogP contribution >= 0.6 is 11.6 Å². The van der Waals surface area contributed by atoms with Gasteiger partial charge >= 0.3 is 6.18 Å². The Morgan fingerprint density at radius 3 is 2.43 bits per heavy atom. The van der Waals surface area contributed by atoms with E-state index in [1.165, 1.54) is 24.3 Å². The molecule has 0 saturated carbocycles. The Kier molecular flexibility index (Phi) is 4.54. The van der Waals surface area contributed by atoms with Gasteiger partial charge in [-0.15, -0.1) is 0 Å². The summed E-state index contributed by atoms with van der Waals surface area (Å²) in [5, 5.41) is 10.2.